The van der Waals surface area contributed by atoms with Crippen LogP contribution in [0.1, 0.15) is 64.4 Å². The molecule has 1 unspecified atom stereocenters. The van der Waals surface area contributed by atoms with E-state index >= 15 is 0 Å². The Hall–Kier alpha value is -0.870. The van der Waals surface area contributed by atoms with Gasteiger partial charge in [0.25, 0.3) is 0 Å². The molecule has 1 aromatic carbocycles. The maximum absolute atomic E-state index is 12.1. The molecule has 0 heterocycles. The number of hydrogen-bond donors (Lipinski definition) is 1. The number of benzene rings is 1. The molecule has 0 aliphatic carbocycles. The third kappa shape index (κ3) is 5.25. The molecule has 1 atom stereocenters. The summed E-state index contributed by atoms with van der Waals surface area (Å²) in [5.41, 5.74) is 1.19. The van der Waals surface area contributed by atoms with E-state index in [1.54, 1.807) is 12.1 Å². The van der Waals surface area contributed by atoms with Crippen molar-refractivity contribution in [2.75, 3.05) is 6.54 Å². The highest BCUT2D eigenvalue weighted by Crippen LogP contribution is 2.20. The zero-order chi connectivity index (χ0) is 15.0. The van der Waals surface area contributed by atoms with Crippen molar-refractivity contribution < 1.29 is 8.42 Å². The van der Waals surface area contributed by atoms with Crippen LogP contribution in [0, 0.1) is 0 Å². The molecule has 0 radical (unpaired) electrons. The fraction of sp³-hybridized carbons (Fsp3) is 0.625. The lowest BCUT2D eigenvalue weighted by molar-refractivity contribution is 0.573. The first-order valence-electron chi connectivity index (χ1n) is 7.60. The van der Waals surface area contributed by atoms with E-state index in [0.717, 1.165) is 32.1 Å². The Morgan fingerprint density at radius 2 is 1.70 bits per heavy atom. The van der Waals surface area contributed by atoms with Crippen molar-refractivity contribution in [3.8, 4) is 0 Å². The summed E-state index contributed by atoms with van der Waals surface area (Å²) in [6.45, 7) is 6.95. The molecule has 0 fully saturated rings. The molecule has 0 saturated heterocycles. The summed E-state index contributed by atoms with van der Waals surface area (Å²) in [4.78, 5) is 0.361. The van der Waals surface area contributed by atoms with Crippen LogP contribution in [0.5, 0.6) is 0 Å². The van der Waals surface area contributed by atoms with Crippen LogP contribution in [0.15, 0.2) is 29.2 Å². The summed E-state index contributed by atoms with van der Waals surface area (Å²) in [5.74, 6) is 0.466. The number of sulfonamides is 1. The number of unbranched alkanes of at least 4 members (excludes halogenated alkanes) is 3. The first-order valence-corrected chi connectivity index (χ1v) is 9.09. The summed E-state index contributed by atoms with van der Waals surface area (Å²) >= 11 is 0. The fourth-order valence-electron chi connectivity index (χ4n) is 2.05. The molecule has 0 bridgehead atoms. The van der Waals surface area contributed by atoms with Gasteiger partial charge in [-0.25, -0.2) is 13.1 Å². The van der Waals surface area contributed by atoms with Gasteiger partial charge in [-0.05, 0) is 36.5 Å². The van der Waals surface area contributed by atoms with E-state index in [1.807, 2.05) is 12.1 Å². The van der Waals surface area contributed by atoms with Gasteiger partial charge < -0.3 is 0 Å². The molecule has 0 aliphatic heterocycles. The van der Waals surface area contributed by atoms with E-state index in [4.69, 9.17) is 0 Å². The lowest BCUT2D eigenvalue weighted by atomic mass is 9.99. The molecule has 20 heavy (non-hydrogen) atoms. The van der Waals surface area contributed by atoms with Crippen LogP contribution < -0.4 is 4.72 Å². The van der Waals surface area contributed by atoms with Crippen molar-refractivity contribution in [3.63, 3.8) is 0 Å². The Bertz CT molecular complexity index is 480. The summed E-state index contributed by atoms with van der Waals surface area (Å²) in [5, 5.41) is 0. The highest BCUT2D eigenvalue weighted by atomic mass is 32.2. The van der Waals surface area contributed by atoms with Crippen LogP contribution in [0.25, 0.3) is 0 Å². The second kappa shape index (κ2) is 8.42. The number of rotatable bonds is 9. The van der Waals surface area contributed by atoms with Crippen molar-refractivity contribution >= 4 is 10.0 Å². The van der Waals surface area contributed by atoms with Crippen LogP contribution in [0.4, 0.5) is 0 Å². The summed E-state index contributed by atoms with van der Waals surface area (Å²) in [6, 6.07) is 7.24. The smallest absolute Gasteiger partial charge is 0.211 e. The number of nitrogens with one attached hydrogen (secondary N) is 1. The number of hydrogen-bond acceptors (Lipinski definition) is 2. The highest BCUT2D eigenvalue weighted by molar-refractivity contribution is 7.89. The molecule has 114 valence electrons. The standard InChI is InChI=1S/C16H27NO2S/c1-4-6-7-8-13-17-20(18,19)16-11-9-15(10-12-16)14(3)5-2/h9-12,14,17H,4-8,13H2,1-3H3. The minimum absolute atomic E-state index is 0.361. The predicted molar refractivity (Wildman–Crippen MR) is 84.5 cm³/mol. The summed E-state index contributed by atoms with van der Waals surface area (Å²) in [7, 11) is -3.35. The Balaban J connectivity index is 2.59. The van der Waals surface area contributed by atoms with Gasteiger partial charge in [-0.3, -0.25) is 0 Å². The molecule has 1 N–H and O–H groups in total. The molecule has 0 aromatic heterocycles. The second-order valence-electron chi connectivity index (χ2n) is 5.34. The van der Waals surface area contributed by atoms with Gasteiger partial charge in [0.15, 0.2) is 0 Å². The quantitative estimate of drug-likeness (QED) is 0.699. The van der Waals surface area contributed by atoms with E-state index in [1.165, 1.54) is 5.56 Å². The maximum Gasteiger partial charge on any atom is 0.240 e. The largest absolute Gasteiger partial charge is 0.240 e. The monoisotopic (exact) mass is 297 g/mol. The molecule has 3 nitrogen and oxygen atoms in total. The molecule has 4 heteroatoms. The third-order valence-electron chi connectivity index (χ3n) is 3.69. The van der Waals surface area contributed by atoms with Crippen LogP contribution in [-0.2, 0) is 10.0 Å². The first-order chi connectivity index (χ1) is 9.51. The van der Waals surface area contributed by atoms with Crippen LogP contribution in [-0.4, -0.2) is 15.0 Å². The lowest BCUT2D eigenvalue weighted by Crippen LogP contribution is -2.24. The lowest BCUT2D eigenvalue weighted by Gasteiger charge is -2.10. The molecule has 1 aromatic rings. The molecule has 0 spiro atoms. The van der Waals surface area contributed by atoms with Gasteiger partial charge in [-0.1, -0.05) is 52.2 Å². The molecule has 1 rings (SSSR count). The van der Waals surface area contributed by atoms with Crippen molar-refractivity contribution in [3.05, 3.63) is 29.8 Å². The van der Waals surface area contributed by atoms with Gasteiger partial charge >= 0.3 is 0 Å². The van der Waals surface area contributed by atoms with Crippen LogP contribution in [0.2, 0.25) is 0 Å². The minimum Gasteiger partial charge on any atom is -0.211 e. The summed E-state index contributed by atoms with van der Waals surface area (Å²) in [6.07, 6.45) is 5.35. The van der Waals surface area contributed by atoms with E-state index in [-0.39, 0.29) is 0 Å². The van der Waals surface area contributed by atoms with Gasteiger partial charge in [-0.15, -0.1) is 0 Å². The van der Waals surface area contributed by atoms with Crippen LogP contribution in [0.3, 0.4) is 0 Å². The Morgan fingerprint density at radius 3 is 2.25 bits per heavy atom. The van der Waals surface area contributed by atoms with Gasteiger partial charge in [0, 0.05) is 6.54 Å². The molecule has 0 amide bonds. The Labute approximate surface area is 123 Å². The summed E-state index contributed by atoms with van der Waals surface area (Å²) < 4.78 is 26.9. The van der Waals surface area contributed by atoms with Gasteiger partial charge in [0.2, 0.25) is 10.0 Å². The van der Waals surface area contributed by atoms with E-state index < -0.39 is 10.0 Å². The zero-order valence-electron chi connectivity index (χ0n) is 12.9. The van der Waals surface area contributed by atoms with Gasteiger partial charge in [-0.2, -0.15) is 0 Å². The Morgan fingerprint density at radius 1 is 1.05 bits per heavy atom. The maximum atomic E-state index is 12.1. The van der Waals surface area contributed by atoms with Crippen molar-refractivity contribution in [1.29, 1.82) is 0 Å². The molecule has 0 saturated carbocycles. The fourth-order valence-corrected chi connectivity index (χ4v) is 3.13. The predicted octanol–water partition coefficient (Wildman–Crippen LogP) is 4.06. The van der Waals surface area contributed by atoms with Crippen molar-refractivity contribution in [2.24, 2.45) is 0 Å². The topological polar surface area (TPSA) is 46.2 Å². The van der Waals surface area contributed by atoms with Crippen LogP contribution >= 0.6 is 0 Å². The average Bonchev–Trinajstić information content (AvgIpc) is 2.46. The van der Waals surface area contributed by atoms with Gasteiger partial charge in [0.1, 0.15) is 0 Å². The minimum atomic E-state index is -3.35. The Kier molecular flexibility index (Phi) is 7.24. The third-order valence-corrected chi connectivity index (χ3v) is 5.17. The van der Waals surface area contributed by atoms with Crippen molar-refractivity contribution in [2.45, 2.75) is 63.7 Å². The van der Waals surface area contributed by atoms with Crippen molar-refractivity contribution in [1.82, 2.24) is 4.72 Å². The van der Waals surface area contributed by atoms with E-state index in [0.29, 0.717) is 17.4 Å². The molecular weight excluding hydrogens is 270 g/mol. The molecule has 0 aliphatic rings. The van der Waals surface area contributed by atoms with Gasteiger partial charge in [0.05, 0.1) is 4.90 Å². The SMILES string of the molecule is CCCCCCNS(=O)(=O)c1ccc(C(C)CC)cc1. The normalized spacial score (nSPS) is 13.3. The average molecular weight is 297 g/mol. The second-order valence-corrected chi connectivity index (χ2v) is 7.10. The first kappa shape index (κ1) is 17.2. The highest BCUT2D eigenvalue weighted by Gasteiger charge is 2.13. The van der Waals surface area contributed by atoms with E-state index in [9.17, 15) is 8.42 Å². The zero-order valence-corrected chi connectivity index (χ0v) is 13.7. The van der Waals surface area contributed by atoms with E-state index in [2.05, 4.69) is 25.5 Å². The molecular formula is C16H27NO2S.